The first-order valence-corrected chi connectivity index (χ1v) is 20.0. The standard InChI is InChI=1S/C24H24O12P4Si/c25-37(26,27)17-1-9-21(10-2-17)41(22-11-3-18(4-12-22)38(28,29)30,23-13-5-19(6-14-23)39(31,32)33)24-15-7-20(8-16-24)40(34,35)36/h1-16H,(H2,25,26,27)(H2,28,29,30)(H2,31,32,33)(H2,34,35,36). The Morgan fingerprint density at radius 2 is 0.463 bits per heavy atom. The predicted molar refractivity (Wildman–Crippen MR) is 157 cm³/mol. The molecule has 0 bridgehead atoms. The molecule has 0 radical (unpaired) electrons. The van der Waals surface area contributed by atoms with Gasteiger partial charge in [0.05, 0.1) is 21.2 Å². The molecule has 0 unspecified atom stereocenters. The van der Waals surface area contributed by atoms with Crippen LogP contribution in [-0.4, -0.2) is 47.2 Å². The summed E-state index contributed by atoms with van der Waals surface area (Å²) >= 11 is 0. The van der Waals surface area contributed by atoms with Crippen LogP contribution in [0.4, 0.5) is 0 Å². The van der Waals surface area contributed by atoms with Crippen molar-refractivity contribution in [2.24, 2.45) is 0 Å². The summed E-state index contributed by atoms with van der Waals surface area (Å²) in [5.41, 5.74) is 0. The van der Waals surface area contributed by atoms with Crippen molar-refractivity contribution >= 4 is 80.4 Å². The summed E-state index contributed by atoms with van der Waals surface area (Å²) in [6, 6.07) is 21.7. The number of rotatable bonds is 8. The van der Waals surface area contributed by atoms with Crippen molar-refractivity contribution in [3.8, 4) is 0 Å². The molecule has 0 aliphatic heterocycles. The molecule has 0 aliphatic rings. The van der Waals surface area contributed by atoms with Crippen LogP contribution >= 0.6 is 30.4 Å². The van der Waals surface area contributed by atoms with Gasteiger partial charge in [-0.2, -0.15) is 0 Å². The molecule has 17 heteroatoms. The topological polar surface area (TPSA) is 230 Å². The van der Waals surface area contributed by atoms with Crippen LogP contribution < -0.4 is 42.0 Å². The molecule has 0 atom stereocenters. The maximum atomic E-state index is 11.9. The van der Waals surface area contributed by atoms with E-state index in [-0.39, 0.29) is 21.2 Å². The second kappa shape index (κ2) is 11.1. The summed E-state index contributed by atoms with van der Waals surface area (Å²) in [6.07, 6.45) is 0. The summed E-state index contributed by atoms with van der Waals surface area (Å²) in [7, 11) is -22.1. The quantitative estimate of drug-likeness (QED) is 0.0602. The molecule has 0 heterocycles. The largest absolute Gasteiger partial charge is 0.356 e. The van der Waals surface area contributed by atoms with Crippen LogP contribution in [0.3, 0.4) is 0 Å². The van der Waals surface area contributed by atoms with Gasteiger partial charge in [0, 0.05) is 0 Å². The van der Waals surface area contributed by atoms with Gasteiger partial charge in [0.2, 0.25) is 0 Å². The fraction of sp³-hybridized carbons (Fsp3) is 0. The van der Waals surface area contributed by atoms with E-state index in [0.717, 1.165) is 0 Å². The van der Waals surface area contributed by atoms with Gasteiger partial charge in [-0.25, -0.2) is 0 Å². The van der Waals surface area contributed by atoms with Gasteiger partial charge in [0.25, 0.3) is 0 Å². The molecule has 0 saturated heterocycles. The van der Waals surface area contributed by atoms with Crippen LogP contribution in [0, 0.1) is 0 Å². The second-order valence-corrected chi connectivity index (χ2v) is 19.3. The van der Waals surface area contributed by atoms with Crippen LogP contribution in [-0.2, 0) is 18.3 Å². The Morgan fingerprint density at radius 1 is 0.317 bits per heavy atom. The summed E-state index contributed by atoms with van der Waals surface area (Å²) in [4.78, 5) is 77.2. The lowest BCUT2D eigenvalue weighted by atomic mass is 10.3. The smallest absolute Gasteiger partial charge is 0.321 e. The van der Waals surface area contributed by atoms with E-state index in [0.29, 0.717) is 20.7 Å². The highest BCUT2D eigenvalue weighted by Gasteiger charge is 2.42. The van der Waals surface area contributed by atoms with Gasteiger partial charge in [-0.3, -0.25) is 18.3 Å². The Balaban J connectivity index is 2.12. The van der Waals surface area contributed by atoms with Crippen molar-refractivity contribution in [3.63, 3.8) is 0 Å². The molecule has 0 aliphatic carbocycles. The zero-order chi connectivity index (χ0) is 30.4. The monoisotopic (exact) mass is 656 g/mol. The third-order valence-electron chi connectivity index (χ3n) is 6.55. The molecule has 4 aromatic carbocycles. The third-order valence-corrected chi connectivity index (χ3v) is 15.2. The summed E-state index contributed by atoms with van der Waals surface area (Å²) in [5, 5.41) is 0.949. The molecule has 216 valence electrons. The number of hydrogen-bond acceptors (Lipinski definition) is 4. The summed E-state index contributed by atoms with van der Waals surface area (Å²) in [5.74, 6) is 0. The van der Waals surface area contributed by atoms with Gasteiger partial charge in [-0.1, -0.05) is 48.5 Å². The minimum atomic E-state index is -4.63. The van der Waals surface area contributed by atoms with E-state index < -0.39 is 38.5 Å². The zero-order valence-electron chi connectivity index (χ0n) is 20.7. The maximum Gasteiger partial charge on any atom is 0.356 e. The Kier molecular flexibility index (Phi) is 8.55. The molecule has 12 nitrogen and oxygen atoms in total. The molecule has 0 saturated carbocycles. The van der Waals surface area contributed by atoms with Crippen LogP contribution in [0.25, 0.3) is 0 Å². The average Bonchev–Trinajstić information content (AvgIpc) is 2.88. The summed E-state index contributed by atoms with van der Waals surface area (Å²) in [6.45, 7) is 0. The molecule has 0 aromatic heterocycles. The number of benzene rings is 4. The van der Waals surface area contributed by atoms with Gasteiger partial charge < -0.3 is 39.1 Å². The first kappa shape index (κ1) is 31.6. The lowest BCUT2D eigenvalue weighted by Gasteiger charge is -2.35. The van der Waals surface area contributed by atoms with Gasteiger partial charge in [-0.15, -0.1) is 0 Å². The lowest BCUT2D eigenvalue weighted by Crippen LogP contribution is -2.75. The van der Waals surface area contributed by atoms with Crippen LogP contribution in [0.1, 0.15) is 0 Å². The maximum absolute atomic E-state index is 11.9. The first-order chi connectivity index (χ1) is 18.8. The van der Waals surface area contributed by atoms with Crippen molar-refractivity contribution in [1.82, 2.24) is 0 Å². The third kappa shape index (κ3) is 6.54. The van der Waals surface area contributed by atoms with E-state index in [1.54, 1.807) is 0 Å². The Bertz CT molecular complexity index is 1480. The van der Waals surface area contributed by atoms with E-state index in [1.807, 2.05) is 0 Å². The van der Waals surface area contributed by atoms with Crippen molar-refractivity contribution in [2.75, 3.05) is 0 Å². The van der Waals surface area contributed by atoms with Crippen molar-refractivity contribution in [2.45, 2.75) is 0 Å². The molecule has 0 amide bonds. The highest BCUT2D eigenvalue weighted by atomic mass is 31.2. The minimum Gasteiger partial charge on any atom is -0.321 e. The van der Waals surface area contributed by atoms with E-state index in [4.69, 9.17) is 0 Å². The minimum absolute atomic E-state index is 0.269. The molecule has 0 fully saturated rings. The second-order valence-electron chi connectivity index (χ2n) is 9.11. The van der Waals surface area contributed by atoms with Crippen molar-refractivity contribution < 1.29 is 57.4 Å². The fourth-order valence-electron chi connectivity index (χ4n) is 4.62. The lowest BCUT2D eigenvalue weighted by molar-refractivity contribution is 0.385. The summed E-state index contributed by atoms with van der Waals surface area (Å²) < 4.78 is 47.5. The molecular weight excluding hydrogens is 632 g/mol. The molecule has 41 heavy (non-hydrogen) atoms. The average molecular weight is 656 g/mol. The SMILES string of the molecule is O=P(O)(O)c1ccc([Si](c2ccc(P(=O)(O)O)cc2)(c2ccc(P(=O)(O)O)cc2)c2ccc(P(=O)(O)O)cc2)cc1. The zero-order valence-corrected chi connectivity index (χ0v) is 25.3. The first-order valence-electron chi connectivity index (χ1n) is 11.5. The molecule has 8 N–H and O–H groups in total. The molecular formula is C24H24O12P4Si. The Hall–Kier alpha value is -2.30. The van der Waals surface area contributed by atoms with E-state index >= 15 is 0 Å². The van der Waals surface area contributed by atoms with Gasteiger partial charge >= 0.3 is 30.4 Å². The Labute approximate surface area is 234 Å². The van der Waals surface area contributed by atoms with Gasteiger partial charge in [0.1, 0.15) is 0 Å². The highest BCUT2D eigenvalue weighted by molar-refractivity contribution is 7.61. The number of hydrogen-bond donors (Lipinski definition) is 8. The predicted octanol–water partition coefficient (Wildman–Crippen LogP) is -1.72. The van der Waals surface area contributed by atoms with Crippen LogP contribution in [0.5, 0.6) is 0 Å². The van der Waals surface area contributed by atoms with E-state index in [1.165, 1.54) is 97.1 Å². The highest BCUT2D eigenvalue weighted by Crippen LogP contribution is 2.35. The molecule has 4 aromatic rings. The Morgan fingerprint density at radius 3 is 0.585 bits per heavy atom. The van der Waals surface area contributed by atoms with Crippen LogP contribution in [0.15, 0.2) is 97.1 Å². The van der Waals surface area contributed by atoms with E-state index in [2.05, 4.69) is 0 Å². The molecule has 4 rings (SSSR count). The van der Waals surface area contributed by atoms with E-state index in [9.17, 15) is 57.4 Å². The van der Waals surface area contributed by atoms with Crippen molar-refractivity contribution in [3.05, 3.63) is 97.1 Å². The van der Waals surface area contributed by atoms with Gasteiger partial charge in [0.15, 0.2) is 8.07 Å². The van der Waals surface area contributed by atoms with Gasteiger partial charge in [-0.05, 0) is 69.3 Å². The molecule has 0 spiro atoms. The van der Waals surface area contributed by atoms with Crippen molar-refractivity contribution in [1.29, 1.82) is 0 Å². The van der Waals surface area contributed by atoms with Crippen LogP contribution in [0.2, 0.25) is 0 Å². The normalized spacial score (nSPS) is 13.3. The fourth-order valence-corrected chi connectivity index (χ4v) is 11.4.